The van der Waals surface area contributed by atoms with Crippen molar-refractivity contribution in [1.82, 2.24) is 0 Å². The molecule has 0 radical (unpaired) electrons. The van der Waals surface area contributed by atoms with Gasteiger partial charge in [-0.2, -0.15) is 0 Å². The van der Waals surface area contributed by atoms with Crippen LogP contribution in [0.2, 0.25) is 0 Å². The number of methoxy groups -OCH3 is 1. The normalized spacial score (nSPS) is 17.3. The lowest BCUT2D eigenvalue weighted by atomic mass is 9.62. The zero-order valence-electron chi connectivity index (χ0n) is 10.2. The van der Waals surface area contributed by atoms with Crippen LogP contribution in [0.5, 0.6) is 0 Å². The van der Waals surface area contributed by atoms with E-state index >= 15 is 0 Å². The van der Waals surface area contributed by atoms with Crippen molar-refractivity contribution in [2.24, 2.45) is 5.73 Å². The van der Waals surface area contributed by atoms with Crippen molar-refractivity contribution in [2.45, 2.75) is 31.1 Å². The summed E-state index contributed by atoms with van der Waals surface area (Å²) in [4.78, 5) is 11.5. The molecule has 1 aliphatic rings. The first-order chi connectivity index (χ1) is 8.22. The van der Waals surface area contributed by atoms with Crippen molar-refractivity contribution in [1.29, 1.82) is 0 Å². The molecule has 0 amide bonds. The predicted molar refractivity (Wildman–Crippen MR) is 67.0 cm³/mol. The maximum absolute atomic E-state index is 11.5. The zero-order valence-corrected chi connectivity index (χ0v) is 10.2. The molecule has 1 fully saturated rings. The molecule has 1 aromatic rings. The van der Waals surface area contributed by atoms with Crippen LogP contribution in [0.4, 0.5) is 0 Å². The Bertz CT molecular complexity index is 410. The Morgan fingerprint density at radius 1 is 1.47 bits per heavy atom. The van der Waals surface area contributed by atoms with E-state index in [0.717, 1.165) is 6.42 Å². The fourth-order valence-electron chi connectivity index (χ4n) is 2.66. The highest BCUT2D eigenvalue weighted by Crippen LogP contribution is 2.46. The highest BCUT2D eigenvalue weighted by Gasteiger charge is 2.37. The molecule has 0 saturated heterocycles. The van der Waals surface area contributed by atoms with E-state index in [-0.39, 0.29) is 11.4 Å². The Hall–Kier alpha value is -1.35. The summed E-state index contributed by atoms with van der Waals surface area (Å²) < 4.78 is 4.75. The average molecular weight is 233 g/mol. The molecule has 0 bridgehead atoms. The molecule has 2 N–H and O–H groups in total. The molecule has 0 heterocycles. The monoisotopic (exact) mass is 233 g/mol. The zero-order chi connectivity index (χ0) is 12.3. The second kappa shape index (κ2) is 4.88. The molecule has 1 aliphatic carbocycles. The number of hydrogen-bond acceptors (Lipinski definition) is 3. The number of rotatable bonds is 4. The second-order valence-electron chi connectivity index (χ2n) is 4.74. The second-order valence-corrected chi connectivity index (χ2v) is 4.74. The first kappa shape index (κ1) is 12.1. The summed E-state index contributed by atoms with van der Waals surface area (Å²) in [6, 6.07) is 7.78. The van der Waals surface area contributed by atoms with Crippen LogP contribution >= 0.6 is 0 Å². The summed E-state index contributed by atoms with van der Waals surface area (Å²) in [6.45, 7) is 0.697. The van der Waals surface area contributed by atoms with Crippen LogP contribution in [0.3, 0.4) is 0 Å². The van der Waals surface area contributed by atoms with Crippen molar-refractivity contribution >= 4 is 5.97 Å². The first-order valence-electron chi connectivity index (χ1n) is 6.11. The van der Waals surface area contributed by atoms with Crippen molar-refractivity contribution in [3.63, 3.8) is 0 Å². The van der Waals surface area contributed by atoms with Gasteiger partial charge < -0.3 is 10.5 Å². The number of ether oxygens (including phenoxy) is 1. The van der Waals surface area contributed by atoms with Gasteiger partial charge >= 0.3 is 5.97 Å². The third kappa shape index (κ3) is 2.20. The molecule has 3 heteroatoms. The van der Waals surface area contributed by atoms with E-state index in [4.69, 9.17) is 10.5 Å². The van der Waals surface area contributed by atoms with Gasteiger partial charge in [-0.25, -0.2) is 4.79 Å². The fraction of sp³-hybridized carbons (Fsp3) is 0.500. The molecule has 1 saturated carbocycles. The lowest BCUT2D eigenvalue weighted by Gasteiger charge is -2.42. The van der Waals surface area contributed by atoms with Gasteiger partial charge in [0.2, 0.25) is 0 Å². The molecular formula is C14H19NO2. The standard InChI is InChI=1S/C14H19NO2/c1-17-13(16)11-4-2-5-12(10-11)14(8-9-15)6-3-7-14/h2,4-5,10H,3,6-9,15H2,1H3. The van der Waals surface area contributed by atoms with E-state index in [2.05, 4.69) is 6.07 Å². The molecule has 0 atom stereocenters. The molecule has 0 spiro atoms. The van der Waals surface area contributed by atoms with Crippen LogP contribution in [0.25, 0.3) is 0 Å². The van der Waals surface area contributed by atoms with E-state index in [9.17, 15) is 4.79 Å². The summed E-state index contributed by atoms with van der Waals surface area (Å²) in [6.07, 6.45) is 4.60. The molecule has 0 unspecified atom stereocenters. The highest BCUT2D eigenvalue weighted by molar-refractivity contribution is 5.89. The number of carbonyl (C=O) groups is 1. The third-order valence-corrected chi connectivity index (χ3v) is 3.83. The van der Waals surface area contributed by atoms with Crippen LogP contribution < -0.4 is 5.73 Å². The minimum Gasteiger partial charge on any atom is -0.465 e. The van der Waals surface area contributed by atoms with E-state index in [1.807, 2.05) is 12.1 Å². The molecule has 92 valence electrons. The van der Waals surface area contributed by atoms with Crippen LogP contribution in [-0.2, 0) is 10.2 Å². The third-order valence-electron chi connectivity index (χ3n) is 3.83. The molecule has 1 aromatic carbocycles. The first-order valence-corrected chi connectivity index (χ1v) is 6.11. The van der Waals surface area contributed by atoms with Crippen molar-refractivity contribution in [3.05, 3.63) is 35.4 Å². The average Bonchev–Trinajstić information content (AvgIpc) is 2.33. The molecule has 2 rings (SSSR count). The summed E-state index contributed by atoms with van der Waals surface area (Å²) in [5, 5.41) is 0. The van der Waals surface area contributed by atoms with Gasteiger partial charge in [0.1, 0.15) is 0 Å². The van der Waals surface area contributed by atoms with Crippen LogP contribution in [0.1, 0.15) is 41.6 Å². The highest BCUT2D eigenvalue weighted by atomic mass is 16.5. The summed E-state index contributed by atoms with van der Waals surface area (Å²) >= 11 is 0. The van der Waals surface area contributed by atoms with Crippen LogP contribution in [0, 0.1) is 0 Å². The number of carbonyl (C=O) groups excluding carboxylic acids is 1. The quantitative estimate of drug-likeness (QED) is 0.811. The van der Waals surface area contributed by atoms with Crippen LogP contribution in [0.15, 0.2) is 24.3 Å². The van der Waals surface area contributed by atoms with Gasteiger partial charge in [-0.05, 0) is 48.9 Å². The van der Waals surface area contributed by atoms with E-state index in [1.54, 1.807) is 6.07 Å². The topological polar surface area (TPSA) is 52.3 Å². The van der Waals surface area contributed by atoms with Gasteiger partial charge in [0, 0.05) is 0 Å². The fourth-order valence-corrected chi connectivity index (χ4v) is 2.66. The summed E-state index contributed by atoms with van der Waals surface area (Å²) in [7, 11) is 1.41. The van der Waals surface area contributed by atoms with Gasteiger partial charge in [0.15, 0.2) is 0 Å². The predicted octanol–water partition coefficient (Wildman–Crippen LogP) is 2.24. The molecule has 3 nitrogen and oxygen atoms in total. The summed E-state index contributed by atoms with van der Waals surface area (Å²) in [5.74, 6) is -0.269. The van der Waals surface area contributed by atoms with Gasteiger partial charge in [-0.15, -0.1) is 0 Å². The Morgan fingerprint density at radius 2 is 2.24 bits per heavy atom. The van der Waals surface area contributed by atoms with E-state index in [1.165, 1.54) is 31.9 Å². The lowest BCUT2D eigenvalue weighted by molar-refractivity contribution is 0.0600. The van der Waals surface area contributed by atoms with Gasteiger partial charge in [0.25, 0.3) is 0 Å². The number of nitrogens with two attached hydrogens (primary N) is 1. The van der Waals surface area contributed by atoms with E-state index in [0.29, 0.717) is 12.1 Å². The summed E-state index contributed by atoms with van der Waals surface area (Å²) in [5.41, 5.74) is 7.77. The Balaban J connectivity index is 2.29. The maximum Gasteiger partial charge on any atom is 0.337 e. The van der Waals surface area contributed by atoms with Gasteiger partial charge in [-0.1, -0.05) is 18.6 Å². The minimum absolute atomic E-state index is 0.207. The number of benzene rings is 1. The number of esters is 1. The Morgan fingerprint density at radius 3 is 2.76 bits per heavy atom. The molecule has 0 aromatic heterocycles. The lowest BCUT2D eigenvalue weighted by Crippen LogP contribution is -2.36. The van der Waals surface area contributed by atoms with Gasteiger partial charge in [-0.3, -0.25) is 0 Å². The Kier molecular flexibility index (Phi) is 3.48. The smallest absolute Gasteiger partial charge is 0.337 e. The molecular weight excluding hydrogens is 214 g/mol. The minimum atomic E-state index is -0.269. The molecule has 17 heavy (non-hydrogen) atoms. The largest absolute Gasteiger partial charge is 0.465 e. The number of hydrogen-bond donors (Lipinski definition) is 1. The van der Waals surface area contributed by atoms with Crippen molar-refractivity contribution in [2.75, 3.05) is 13.7 Å². The van der Waals surface area contributed by atoms with E-state index < -0.39 is 0 Å². The maximum atomic E-state index is 11.5. The SMILES string of the molecule is COC(=O)c1cccc(C2(CCN)CCC2)c1. The molecule has 0 aliphatic heterocycles. The van der Waals surface area contributed by atoms with Crippen molar-refractivity contribution < 1.29 is 9.53 Å². The Labute approximate surface area is 102 Å². The van der Waals surface area contributed by atoms with Crippen LogP contribution in [-0.4, -0.2) is 19.6 Å². The van der Waals surface area contributed by atoms with Crippen molar-refractivity contribution in [3.8, 4) is 0 Å². The van der Waals surface area contributed by atoms with Gasteiger partial charge in [0.05, 0.1) is 12.7 Å².